The maximum absolute atomic E-state index is 12.8. The van der Waals surface area contributed by atoms with Gasteiger partial charge >= 0.3 is 12.0 Å². The number of carboxylic acids is 1. The average molecular weight is 417 g/mol. The zero-order valence-electron chi connectivity index (χ0n) is 16.3. The number of rotatable bonds is 6. The van der Waals surface area contributed by atoms with Gasteiger partial charge in [-0.05, 0) is 19.8 Å². The predicted molar refractivity (Wildman–Crippen MR) is 110 cm³/mol. The van der Waals surface area contributed by atoms with Crippen LogP contribution in [0.25, 0.3) is 0 Å². The normalized spacial score (nSPS) is 17.0. The van der Waals surface area contributed by atoms with E-state index < -0.39 is 5.97 Å². The molecule has 0 radical (unpaired) electrons. The van der Waals surface area contributed by atoms with Crippen LogP contribution in [0.4, 0.5) is 27.4 Å². The number of thiazole rings is 1. The van der Waals surface area contributed by atoms with Crippen molar-refractivity contribution in [3.63, 3.8) is 0 Å². The molecule has 1 aliphatic carbocycles. The maximum atomic E-state index is 12.8. The highest BCUT2D eigenvalue weighted by Crippen LogP contribution is 2.38. The third kappa shape index (κ3) is 3.69. The molecule has 2 N–H and O–H groups in total. The summed E-state index contributed by atoms with van der Waals surface area (Å²) in [5.41, 5.74) is 1.15. The number of nitrogens with zero attached hydrogens (tertiary/aromatic N) is 6. The van der Waals surface area contributed by atoms with Crippen molar-refractivity contribution in [2.75, 3.05) is 28.8 Å². The number of fused-ring (bicyclic) bond motifs is 1. The lowest BCUT2D eigenvalue weighted by Crippen LogP contribution is -2.59. The Morgan fingerprint density at radius 3 is 2.79 bits per heavy atom. The van der Waals surface area contributed by atoms with Crippen molar-refractivity contribution < 1.29 is 14.7 Å². The Morgan fingerprint density at radius 1 is 1.34 bits per heavy atom. The number of hydrogen-bond donors (Lipinski definition) is 2. The number of carbonyl (C=O) groups is 2. The van der Waals surface area contributed by atoms with Gasteiger partial charge in [-0.3, -0.25) is 20.0 Å². The molecule has 1 saturated carbocycles. The number of carboxylic acid groups (broad SMARTS) is 1. The van der Waals surface area contributed by atoms with Crippen LogP contribution in [0.2, 0.25) is 0 Å². The number of hydrazine groups is 1. The smallest absolute Gasteiger partial charge is 0.343 e. The van der Waals surface area contributed by atoms with Gasteiger partial charge in [0, 0.05) is 19.0 Å². The third-order valence-electron chi connectivity index (χ3n) is 5.17. The summed E-state index contributed by atoms with van der Waals surface area (Å²) in [5, 5.41) is 18.0. The highest BCUT2D eigenvalue weighted by molar-refractivity contribution is 7.13. The highest BCUT2D eigenvalue weighted by Gasteiger charge is 2.39. The standard InChI is InChI=1S/C18H23N7O3S/c1-3-24-18(28)23(2)13-9-19-16(21-15(13)25(24)12-6-4-5-7-12)22-17-20-11(10-29-17)8-14(26)27/h9-10,12H,3-8H2,1-2H3,(H,26,27)(H,19,20,21,22). The van der Waals surface area contributed by atoms with Gasteiger partial charge in [0.05, 0.1) is 24.4 Å². The summed E-state index contributed by atoms with van der Waals surface area (Å²) in [4.78, 5) is 38.6. The minimum absolute atomic E-state index is 0.0885. The largest absolute Gasteiger partial charge is 0.481 e. The number of amides is 2. The Labute approximate surface area is 172 Å². The van der Waals surface area contributed by atoms with E-state index in [4.69, 9.17) is 10.1 Å². The molecule has 1 aliphatic heterocycles. The van der Waals surface area contributed by atoms with Crippen molar-refractivity contribution >= 4 is 45.9 Å². The van der Waals surface area contributed by atoms with Crippen LogP contribution in [0, 0.1) is 0 Å². The monoisotopic (exact) mass is 417 g/mol. The van der Waals surface area contributed by atoms with E-state index in [1.807, 2.05) is 11.9 Å². The first-order chi connectivity index (χ1) is 14.0. The number of hydrogen-bond acceptors (Lipinski definition) is 8. The Hall–Kier alpha value is -2.95. The second kappa shape index (κ2) is 7.82. The minimum Gasteiger partial charge on any atom is -0.481 e. The molecule has 0 spiro atoms. The molecule has 2 aliphatic rings. The number of carbonyl (C=O) groups excluding carboxylic acids is 1. The van der Waals surface area contributed by atoms with Gasteiger partial charge < -0.3 is 5.11 Å². The molecule has 10 nitrogen and oxygen atoms in total. The zero-order valence-corrected chi connectivity index (χ0v) is 17.1. The number of anilines is 4. The van der Waals surface area contributed by atoms with Crippen LogP contribution in [0.3, 0.4) is 0 Å². The summed E-state index contributed by atoms with van der Waals surface area (Å²) >= 11 is 1.30. The van der Waals surface area contributed by atoms with E-state index in [0.29, 0.717) is 34.8 Å². The van der Waals surface area contributed by atoms with Crippen molar-refractivity contribution in [1.82, 2.24) is 20.0 Å². The lowest BCUT2D eigenvalue weighted by molar-refractivity contribution is -0.136. The lowest BCUT2D eigenvalue weighted by Gasteiger charge is -2.45. The maximum Gasteiger partial charge on any atom is 0.343 e. The van der Waals surface area contributed by atoms with Crippen molar-refractivity contribution in [3.05, 3.63) is 17.3 Å². The zero-order chi connectivity index (χ0) is 20.5. The van der Waals surface area contributed by atoms with Crippen molar-refractivity contribution in [1.29, 1.82) is 0 Å². The summed E-state index contributed by atoms with van der Waals surface area (Å²) in [5.74, 6) is 0.133. The first-order valence-electron chi connectivity index (χ1n) is 9.62. The summed E-state index contributed by atoms with van der Waals surface area (Å²) in [7, 11) is 1.73. The molecule has 3 heterocycles. The van der Waals surface area contributed by atoms with Crippen LogP contribution >= 0.6 is 11.3 Å². The van der Waals surface area contributed by atoms with Crippen LogP contribution in [0.5, 0.6) is 0 Å². The SMILES string of the molecule is CCN1C(=O)N(C)c2cnc(Nc3nc(CC(=O)O)cs3)nc2N1C1CCCC1. The Morgan fingerprint density at radius 2 is 2.10 bits per heavy atom. The van der Waals surface area contributed by atoms with Crippen molar-refractivity contribution in [2.45, 2.75) is 45.1 Å². The van der Waals surface area contributed by atoms with E-state index in [2.05, 4.69) is 15.3 Å². The highest BCUT2D eigenvalue weighted by atomic mass is 32.1. The molecular formula is C18H23N7O3S. The first-order valence-corrected chi connectivity index (χ1v) is 10.5. The van der Waals surface area contributed by atoms with E-state index in [0.717, 1.165) is 25.7 Å². The molecule has 0 saturated heterocycles. The molecule has 0 atom stereocenters. The minimum atomic E-state index is -0.925. The first kappa shape index (κ1) is 19.4. The Bertz CT molecular complexity index is 928. The van der Waals surface area contributed by atoms with E-state index in [1.165, 1.54) is 11.3 Å². The third-order valence-corrected chi connectivity index (χ3v) is 5.98. The summed E-state index contributed by atoms with van der Waals surface area (Å²) in [6.45, 7) is 2.51. The van der Waals surface area contributed by atoms with Gasteiger partial charge in [-0.1, -0.05) is 12.8 Å². The average Bonchev–Trinajstić information content (AvgIpc) is 3.36. The van der Waals surface area contributed by atoms with Gasteiger partial charge in [0.15, 0.2) is 10.9 Å². The van der Waals surface area contributed by atoms with Gasteiger partial charge in [-0.15, -0.1) is 11.3 Å². The van der Waals surface area contributed by atoms with Gasteiger partial charge in [-0.2, -0.15) is 4.98 Å². The van der Waals surface area contributed by atoms with Gasteiger partial charge in [-0.25, -0.2) is 19.8 Å². The molecule has 29 heavy (non-hydrogen) atoms. The van der Waals surface area contributed by atoms with Gasteiger partial charge in [0.2, 0.25) is 5.95 Å². The molecule has 0 aromatic carbocycles. The van der Waals surface area contributed by atoms with E-state index in [9.17, 15) is 9.59 Å². The number of urea groups is 1. The molecule has 154 valence electrons. The molecule has 1 fully saturated rings. The fourth-order valence-corrected chi connectivity index (χ4v) is 4.52. The molecule has 11 heteroatoms. The predicted octanol–water partition coefficient (Wildman–Crippen LogP) is 2.86. The summed E-state index contributed by atoms with van der Waals surface area (Å²) < 4.78 is 0. The molecule has 0 unspecified atom stereocenters. The fraction of sp³-hybridized carbons (Fsp3) is 0.500. The van der Waals surface area contributed by atoms with Gasteiger partial charge in [0.1, 0.15) is 5.69 Å². The fourth-order valence-electron chi connectivity index (χ4n) is 3.82. The van der Waals surface area contributed by atoms with E-state index in [-0.39, 0.29) is 18.5 Å². The quantitative estimate of drug-likeness (QED) is 0.737. The summed E-state index contributed by atoms with van der Waals surface area (Å²) in [6.07, 6.45) is 5.83. The van der Waals surface area contributed by atoms with E-state index >= 15 is 0 Å². The molecule has 0 bridgehead atoms. The topological polar surface area (TPSA) is 115 Å². The molecule has 4 rings (SSSR count). The lowest BCUT2D eigenvalue weighted by atomic mass is 10.2. The van der Waals surface area contributed by atoms with E-state index in [1.54, 1.807) is 28.5 Å². The Kier molecular flexibility index (Phi) is 5.22. The number of aliphatic carboxylic acids is 1. The van der Waals surface area contributed by atoms with Crippen LogP contribution in [0.1, 0.15) is 38.3 Å². The van der Waals surface area contributed by atoms with Crippen LogP contribution in [-0.2, 0) is 11.2 Å². The van der Waals surface area contributed by atoms with Gasteiger partial charge in [0.25, 0.3) is 0 Å². The molecular weight excluding hydrogens is 394 g/mol. The van der Waals surface area contributed by atoms with Crippen LogP contribution < -0.4 is 15.2 Å². The van der Waals surface area contributed by atoms with Crippen molar-refractivity contribution in [2.24, 2.45) is 0 Å². The summed E-state index contributed by atoms with van der Waals surface area (Å²) in [6, 6.07) is 0.144. The second-order valence-corrected chi connectivity index (χ2v) is 7.94. The number of aromatic nitrogens is 3. The number of nitrogens with one attached hydrogen (secondary N) is 1. The van der Waals surface area contributed by atoms with Crippen LogP contribution in [0.15, 0.2) is 11.6 Å². The van der Waals surface area contributed by atoms with Crippen molar-refractivity contribution in [3.8, 4) is 0 Å². The molecule has 2 amide bonds. The molecule has 2 aromatic heterocycles. The Balaban J connectivity index is 1.66. The second-order valence-electron chi connectivity index (χ2n) is 7.08. The molecule has 2 aromatic rings. The van der Waals surface area contributed by atoms with Crippen LogP contribution in [-0.4, -0.2) is 56.7 Å².